The van der Waals surface area contributed by atoms with Gasteiger partial charge in [0.05, 0.1) is 0 Å². The first-order chi connectivity index (χ1) is 4.83. The minimum atomic E-state index is 1.03. The van der Waals surface area contributed by atoms with E-state index in [1.807, 2.05) is 25.3 Å². The number of aryl methyl sites for hydroxylation is 1. The van der Waals surface area contributed by atoms with Crippen molar-refractivity contribution in [3.63, 3.8) is 0 Å². The van der Waals surface area contributed by atoms with Gasteiger partial charge in [-0.25, -0.2) is 0 Å². The average Bonchev–Trinajstić information content (AvgIpc) is 1.88. The summed E-state index contributed by atoms with van der Waals surface area (Å²) in [7, 11) is 1.76. The highest BCUT2D eigenvalue weighted by molar-refractivity contribution is 5.79. The quantitative estimate of drug-likeness (QED) is 0.533. The van der Waals surface area contributed by atoms with Gasteiger partial charge in [-0.05, 0) is 24.6 Å². The van der Waals surface area contributed by atoms with E-state index in [1.165, 1.54) is 0 Å². The zero-order chi connectivity index (χ0) is 7.40. The molecule has 0 saturated carbocycles. The van der Waals surface area contributed by atoms with Gasteiger partial charge in [-0.15, -0.1) is 0 Å². The van der Waals surface area contributed by atoms with Crippen molar-refractivity contribution in [2.75, 3.05) is 7.05 Å². The number of hydrogen-bond donors (Lipinski definition) is 0. The maximum atomic E-state index is 4.06. The van der Waals surface area contributed by atoms with Crippen LogP contribution >= 0.6 is 0 Å². The molecule has 1 heterocycles. The molecule has 52 valence electrons. The van der Waals surface area contributed by atoms with Crippen molar-refractivity contribution in [3.8, 4) is 0 Å². The van der Waals surface area contributed by atoms with Gasteiger partial charge in [-0.1, -0.05) is 0 Å². The second-order valence-corrected chi connectivity index (χ2v) is 2.12. The molecular formula is C8H10N2. The predicted molar refractivity (Wildman–Crippen MR) is 42.5 cm³/mol. The molecule has 0 aliphatic rings. The standard InChI is InChI=1S/C8H10N2/c1-7-5-8(6-9-2)3-4-10-7/h3-6H,1-2H3. The Hall–Kier alpha value is -1.18. The van der Waals surface area contributed by atoms with Crippen molar-refractivity contribution in [1.82, 2.24) is 4.98 Å². The van der Waals surface area contributed by atoms with Crippen LogP contribution in [0, 0.1) is 6.92 Å². The second kappa shape index (κ2) is 3.11. The molecule has 0 unspecified atom stereocenters. The monoisotopic (exact) mass is 134 g/mol. The average molecular weight is 134 g/mol. The number of aromatic nitrogens is 1. The first-order valence-corrected chi connectivity index (χ1v) is 3.18. The van der Waals surface area contributed by atoms with E-state index in [0.29, 0.717) is 0 Å². The SMILES string of the molecule is CN=Cc1ccnc(C)c1. The summed E-state index contributed by atoms with van der Waals surface area (Å²) in [5.41, 5.74) is 2.13. The number of rotatable bonds is 1. The molecule has 10 heavy (non-hydrogen) atoms. The first kappa shape index (κ1) is 6.93. The molecule has 0 aliphatic carbocycles. The minimum Gasteiger partial charge on any atom is -0.296 e. The third-order valence-corrected chi connectivity index (χ3v) is 1.20. The fourth-order valence-electron chi connectivity index (χ4n) is 0.797. The summed E-state index contributed by atoms with van der Waals surface area (Å²) >= 11 is 0. The Bertz CT molecular complexity index is 241. The van der Waals surface area contributed by atoms with E-state index in [4.69, 9.17) is 0 Å². The van der Waals surface area contributed by atoms with Crippen LogP contribution in [0.4, 0.5) is 0 Å². The van der Waals surface area contributed by atoms with Crippen molar-refractivity contribution >= 4 is 6.21 Å². The van der Waals surface area contributed by atoms with Crippen LogP contribution in [0.5, 0.6) is 0 Å². The third-order valence-electron chi connectivity index (χ3n) is 1.20. The Morgan fingerprint density at radius 3 is 3.00 bits per heavy atom. The lowest BCUT2D eigenvalue weighted by atomic mass is 10.2. The zero-order valence-electron chi connectivity index (χ0n) is 6.20. The highest BCUT2D eigenvalue weighted by Gasteiger charge is 1.86. The molecule has 2 heteroatoms. The van der Waals surface area contributed by atoms with Crippen molar-refractivity contribution in [2.45, 2.75) is 6.92 Å². The van der Waals surface area contributed by atoms with Crippen LogP contribution in [0.25, 0.3) is 0 Å². The Balaban J connectivity index is 2.95. The van der Waals surface area contributed by atoms with Gasteiger partial charge in [0.2, 0.25) is 0 Å². The molecule has 0 aromatic carbocycles. The van der Waals surface area contributed by atoms with E-state index in [9.17, 15) is 0 Å². The van der Waals surface area contributed by atoms with Crippen LogP contribution < -0.4 is 0 Å². The Kier molecular flexibility index (Phi) is 2.15. The Morgan fingerprint density at radius 2 is 2.40 bits per heavy atom. The number of nitrogens with zero attached hydrogens (tertiary/aromatic N) is 2. The van der Waals surface area contributed by atoms with Crippen LogP contribution in [0.2, 0.25) is 0 Å². The topological polar surface area (TPSA) is 25.2 Å². The molecule has 0 N–H and O–H groups in total. The Labute approximate surface area is 60.6 Å². The first-order valence-electron chi connectivity index (χ1n) is 3.18. The number of hydrogen-bond acceptors (Lipinski definition) is 2. The van der Waals surface area contributed by atoms with E-state index in [2.05, 4.69) is 9.98 Å². The van der Waals surface area contributed by atoms with Gasteiger partial charge in [0.25, 0.3) is 0 Å². The van der Waals surface area contributed by atoms with Gasteiger partial charge >= 0.3 is 0 Å². The summed E-state index contributed by atoms with van der Waals surface area (Å²) in [6, 6.07) is 3.92. The maximum absolute atomic E-state index is 4.06. The molecule has 0 amide bonds. The van der Waals surface area contributed by atoms with E-state index in [-0.39, 0.29) is 0 Å². The molecule has 1 aromatic rings. The molecule has 0 bridgehead atoms. The van der Waals surface area contributed by atoms with Gasteiger partial charge in [-0.3, -0.25) is 9.98 Å². The molecule has 1 rings (SSSR count). The van der Waals surface area contributed by atoms with Gasteiger partial charge < -0.3 is 0 Å². The van der Waals surface area contributed by atoms with Gasteiger partial charge in [0.15, 0.2) is 0 Å². The summed E-state index contributed by atoms with van der Waals surface area (Å²) in [5, 5.41) is 0. The summed E-state index contributed by atoms with van der Waals surface area (Å²) in [4.78, 5) is 7.95. The molecule has 0 spiro atoms. The molecule has 0 aliphatic heterocycles. The van der Waals surface area contributed by atoms with Crippen LogP contribution in [-0.4, -0.2) is 18.2 Å². The van der Waals surface area contributed by atoms with E-state index >= 15 is 0 Å². The fraction of sp³-hybridized carbons (Fsp3) is 0.250. The van der Waals surface area contributed by atoms with E-state index < -0.39 is 0 Å². The van der Waals surface area contributed by atoms with Crippen LogP contribution in [0.3, 0.4) is 0 Å². The largest absolute Gasteiger partial charge is 0.296 e. The van der Waals surface area contributed by atoms with Crippen LogP contribution in [-0.2, 0) is 0 Å². The van der Waals surface area contributed by atoms with Crippen molar-refractivity contribution in [1.29, 1.82) is 0 Å². The highest BCUT2D eigenvalue weighted by atomic mass is 14.7. The van der Waals surface area contributed by atoms with Crippen LogP contribution in [0.15, 0.2) is 23.3 Å². The van der Waals surface area contributed by atoms with Crippen LogP contribution in [0.1, 0.15) is 11.3 Å². The van der Waals surface area contributed by atoms with Crippen molar-refractivity contribution in [3.05, 3.63) is 29.6 Å². The lowest BCUT2D eigenvalue weighted by molar-refractivity contribution is 1.20. The fourth-order valence-corrected chi connectivity index (χ4v) is 0.797. The van der Waals surface area contributed by atoms with Crippen molar-refractivity contribution in [2.24, 2.45) is 4.99 Å². The molecule has 0 saturated heterocycles. The molecule has 1 aromatic heterocycles. The molecule has 0 fully saturated rings. The lowest BCUT2D eigenvalue weighted by Crippen LogP contribution is -1.84. The van der Waals surface area contributed by atoms with E-state index in [0.717, 1.165) is 11.3 Å². The minimum absolute atomic E-state index is 1.03. The van der Waals surface area contributed by atoms with E-state index in [1.54, 1.807) is 13.2 Å². The second-order valence-electron chi connectivity index (χ2n) is 2.12. The summed E-state index contributed by atoms with van der Waals surface area (Å²) in [6.45, 7) is 1.97. The third kappa shape index (κ3) is 1.65. The summed E-state index contributed by atoms with van der Waals surface area (Å²) in [6.07, 6.45) is 3.60. The van der Waals surface area contributed by atoms with Crippen molar-refractivity contribution < 1.29 is 0 Å². The smallest absolute Gasteiger partial charge is 0.0379 e. The molecule has 0 atom stereocenters. The normalized spacial score (nSPS) is 10.6. The predicted octanol–water partition coefficient (Wildman–Crippen LogP) is 1.44. The van der Waals surface area contributed by atoms with Gasteiger partial charge in [0.1, 0.15) is 0 Å². The molecule has 2 nitrogen and oxygen atoms in total. The highest BCUT2D eigenvalue weighted by Crippen LogP contribution is 1.96. The number of pyridine rings is 1. The number of aliphatic imine (C=N–C) groups is 1. The Morgan fingerprint density at radius 1 is 1.60 bits per heavy atom. The summed E-state index contributed by atoms with van der Waals surface area (Å²) < 4.78 is 0. The van der Waals surface area contributed by atoms with Gasteiger partial charge in [-0.2, -0.15) is 0 Å². The molecule has 0 radical (unpaired) electrons. The lowest BCUT2D eigenvalue weighted by Gasteiger charge is -1.91. The maximum Gasteiger partial charge on any atom is 0.0379 e. The summed E-state index contributed by atoms with van der Waals surface area (Å²) in [5.74, 6) is 0. The zero-order valence-corrected chi connectivity index (χ0v) is 6.20. The van der Waals surface area contributed by atoms with Gasteiger partial charge in [0, 0.05) is 25.2 Å². The molecular weight excluding hydrogens is 124 g/mol.